The Labute approximate surface area is 162 Å². The fourth-order valence-electron chi connectivity index (χ4n) is 2.88. The van der Waals surface area contributed by atoms with Crippen molar-refractivity contribution >= 4 is 15.9 Å². The summed E-state index contributed by atoms with van der Waals surface area (Å²) in [7, 11) is -3.62. The number of rotatable bonds is 8. The lowest BCUT2D eigenvalue weighted by Crippen LogP contribution is -2.32. The van der Waals surface area contributed by atoms with Gasteiger partial charge in [0.15, 0.2) is 0 Å². The third-order valence-electron chi connectivity index (χ3n) is 4.53. The molecule has 27 heavy (non-hydrogen) atoms. The summed E-state index contributed by atoms with van der Waals surface area (Å²) in [5, 5.41) is 2.91. The van der Waals surface area contributed by atoms with Crippen LogP contribution in [0.15, 0.2) is 53.4 Å². The fourth-order valence-corrected chi connectivity index (χ4v) is 3.91. The van der Waals surface area contributed by atoms with E-state index < -0.39 is 10.0 Å². The first-order chi connectivity index (χ1) is 12.7. The number of benzene rings is 2. The van der Waals surface area contributed by atoms with Gasteiger partial charge in [-0.2, -0.15) is 0 Å². The van der Waals surface area contributed by atoms with Crippen molar-refractivity contribution in [1.82, 2.24) is 10.0 Å². The first kappa shape index (κ1) is 21.1. The van der Waals surface area contributed by atoms with Gasteiger partial charge in [-0.1, -0.05) is 50.2 Å². The third-order valence-corrected chi connectivity index (χ3v) is 6.01. The number of nitrogens with one attached hydrogen (secondary N) is 2. The Morgan fingerprint density at radius 2 is 1.63 bits per heavy atom. The minimum Gasteiger partial charge on any atom is -0.350 e. The highest BCUT2D eigenvalue weighted by Crippen LogP contribution is 2.18. The molecule has 1 amide bonds. The molecular weight excluding hydrogens is 360 g/mol. The zero-order valence-corrected chi connectivity index (χ0v) is 17.1. The highest BCUT2D eigenvalue weighted by Gasteiger charge is 2.16. The Bertz CT molecular complexity index is 875. The number of amides is 1. The fraction of sp³-hybridized carbons (Fsp3) is 0.381. The van der Waals surface area contributed by atoms with Crippen LogP contribution in [0.5, 0.6) is 0 Å². The minimum atomic E-state index is -3.62. The van der Waals surface area contributed by atoms with Crippen LogP contribution in [0.4, 0.5) is 0 Å². The van der Waals surface area contributed by atoms with E-state index in [0.717, 1.165) is 16.7 Å². The zero-order valence-electron chi connectivity index (χ0n) is 16.3. The molecule has 0 spiro atoms. The molecule has 1 atom stereocenters. The molecule has 0 saturated carbocycles. The van der Waals surface area contributed by atoms with E-state index in [4.69, 9.17) is 0 Å². The number of sulfonamides is 1. The van der Waals surface area contributed by atoms with E-state index in [1.54, 1.807) is 12.1 Å². The second-order valence-corrected chi connectivity index (χ2v) is 8.78. The lowest BCUT2D eigenvalue weighted by atomic mass is 10.0. The Hall–Kier alpha value is -2.18. The average molecular weight is 389 g/mol. The molecule has 2 aromatic carbocycles. The van der Waals surface area contributed by atoms with Crippen molar-refractivity contribution < 1.29 is 13.2 Å². The first-order valence-electron chi connectivity index (χ1n) is 9.15. The van der Waals surface area contributed by atoms with Crippen LogP contribution in [0.3, 0.4) is 0 Å². The van der Waals surface area contributed by atoms with Crippen molar-refractivity contribution in [3.05, 3.63) is 65.2 Å². The summed E-state index contributed by atoms with van der Waals surface area (Å²) in [5.41, 5.74) is 3.24. The lowest BCUT2D eigenvalue weighted by molar-refractivity contribution is -0.121. The van der Waals surface area contributed by atoms with E-state index in [1.807, 2.05) is 50.2 Å². The number of aryl methyl sites for hydroxylation is 1. The molecule has 0 saturated heterocycles. The third kappa shape index (κ3) is 5.91. The van der Waals surface area contributed by atoms with E-state index >= 15 is 0 Å². The summed E-state index contributed by atoms with van der Waals surface area (Å²) in [5.74, 6) is 0.150. The smallest absolute Gasteiger partial charge is 0.240 e. The molecule has 0 fully saturated rings. The second-order valence-electron chi connectivity index (χ2n) is 7.02. The molecule has 0 aliphatic carbocycles. The normalized spacial score (nSPS) is 12.8. The van der Waals surface area contributed by atoms with Gasteiger partial charge in [0.2, 0.25) is 15.9 Å². The van der Waals surface area contributed by atoms with Crippen LogP contribution in [0.2, 0.25) is 0 Å². The van der Waals surface area contributed by atoms with Crippen LogP contribution in [0.25, 0.3) is 0 Å². The van der Waals surface area contributed by atoms with Crippen molar-refractivity contribution in [2.45, 2.75) is 51.0 Å². The average Bonchev–Trinajstić information content (AvgIpc) is 2.61. The van der Waals surface area contributed by atoms with Gasteiger partial charge in [0.05, 0.1) is 10.9 Å². The molecule has 2 rings (SSSR count). The van der Waals surface area contributed by atoms with Gasteiger partial charge in [-0.3, -0.25) is 4.79 Å². The minimum absolute atomic E-state index is 0.0561. The SMILES string of the molecule is Cc1ccccc1C(C)NC(=O)CCNS(=O)(=O)c1ccc(C(C)C)cc1. The Morgan fingerprint density at radius 1 is 1.00 bits per heavy atom. The van der Waals surface area contributed by atoms with Crippen molar-refractivity contribution in [2.75, 3.05) is 6.54 Å². The summed E-state index contributed by atoms with van der Waals surface area (Å²) in [6.45, 7) is 8.08. The van der Waals surface area contributed by atoms with Crippen LogP contribution < -0.4 is 10.0 Å². The maximum Gasteiger partial charge on any atom is 0.240 e. The molecule has 6 heteroatoms. The molecule has 0 bridgehead atoms. The van der Waals surface area contributed by atoms with Crippen LogP contribution >= 0.6 is 0 Å². The molecular formula is C21H28N2O3S. The van der Waals surface area contributed by atoms with Crippen molar-refractivity contribution in [2.24, 2.45) is 0 Å². The van der Waals surface area contributed by atoms with Crippen molar-refractivity contribution in [3.8, 4) is 0 Å². The van der Waals surface area contributed by atoms with E-state index in [9.17, 15) is 13.2 Å². The summed E-state index contributed by atoms with van der Waals surface area (Å²) in [6, 6.07) is 14.6. The molecule has 0 heterocycles. The quantitative estimate of drug-likeness (QED) is 0.725. The van der Waals surface area contributed by atoms with Gasteiger partial charge in [-0.25, -0.2) is 13.1 Å². The molecule has 1 unspecified atom stereocenters. The van der Waals surface area contributed by atoms with Gasteiger partial charge in [-0.05, 0) is 48.6 Å². The molecule has 0 aliphatic heterocycles. The van der Waals surface area contributed by atoms with E-state index in [-0.39, 0.29) is 29.8 Å². The number of carbonyl (C=O) groups is 1. The molecule has 2 aromatic rings. The van der Waals surface area contributed by atoms with Gasteiger partial charge in [-0.15, -0.1) is 0 Å². The zero-order chi connectivity index (χ0) is 20.0. The summed E-state index contributed by atoms with van der Waals surface area (Å²) in [4.78, 5) is 12.3. The largest absolute Gasteiger partial charge is 0.350 e. The predicted molar refractivity (Wildman–Crippen MR) is 108 cm³/mol. The van der Waals surface area contributed by atoms with E-state index in [2.05, 4.69) is 23.9 Å². The first-order valence-corrected chi connectivity index (χ1v) is 10.6. The standard InChI is InChI=1S/C21H28N2O3S/c1-15(2)18-9-11-19(12-10-18)27(25,26)22-14-13-21(24)23-17(4)20-8-6-5-7-16(20)3/h5-12,15,17,22H,13-14H2,1-4H3,(H,23,24). The number of hydrogen-bond acceptors (Lipinski definition) is 3. The summed E-state index contributed by atoms with van der Waals surface area (Å²) in [6.07, 6.45) is 0.0829. The lowest BCUT2D eigenvalue weighted by Gasteiger charge is -2.16. The van der Waals surface area contributed by atoms with Crippen LogP contribution in [0.1, 0.15) is 55.8 Å². The summed E-state index contributed by atoms with van der Waals surface area (Å²) < 4.78 is 27.2. The summed E-state index contributed by atoms with van der Waals surface area (Å²) >= 11 is 0. The molecule has 0 aromatic heterocycles. The number of carbonyl (C=O) groups excluding carboxylic acids is 1. The van der Waals surface area contributed by atoms with Gasteiger partial charge in [0.1, 0.15) is 0 Å². The molecule has 5 nitrogen and oxygen atoms in total. The number of hydrogen-bond donors (Lipinski definition) is 2. The maximum absolute atomic E-state index is 12.3. The van der Waals surface area contributed by atoms with Gasteiger partial charge in [0.25, 0.3) is 0 Å². The van der Waals surface area contributed by atoms with Crippen LogP contribution in [0, 0.1) is 6.92 Å². The van der Waals surface area contributed by atoms with E-state index in [1.165, 1.54) is 0 Å². The monoisotopic (exact) mass is 388 g/mol. The Balaban J connectivity index is 1.87. The predicted octanol–water partition coefficient (Wildman–Crippen LogP) is 3.66. The molecule has 0 aliphatic rings. The highest BCUT2D eigenvalue weighted by molar-refractivity contribution is 7.89. The van der Waals surface area contributed by atoms with Crippen LogP contribution in [-0.4, -0.2) is 20.9 Å². The Morgan fingerprint density at radius 3 is 2.22 bits per heavy atom. The van der Waals surface area contributed by atoms with Crippen LogP contribution in [-0.2, 0) is 14.8 Å². The van der Waals surface area contributed by atoms with Crippen molar-refractivity contribution in [3.63, 3.8) is 0 Å². The van der Waals surface area contributed by atoms with Gasteiger partial charge < -0.3 is 5.32 Å². The Kier molecular flexibility index (Phi) is 7.16. The van der Waals surface area contributed by atoms with Gasteiger partial charge in [0, 0.05) is 13.0 Å². The topological polar surface area (TPSA) is 75.3 Å². The van der Waals surface area contributed by atoms with E-state index in [0.29, 0.717) is 5.92 Å². The molecule has 2 N–H and O–H groups in total. The highest BCUT2D eigenvalue weighted by atomic mass is 32.2. The molecule has 146 valence electrons. The molecule has 0 radical (unpaired) electrons. The maximum atomic E-state index is 12.3. The van der Waals surface area contributed by atoms with Crippen molar-refractivity contribution in [1.29, 1.82) is 0 Å². The second kappa shape index (κ2) is 9.15. The van der Waals surface area contributed by atoms with Gasteiger partial charge >= 0.3 is 0 Å².